The molecule has 1 aromatic rings. The molecule has 0 saturated carbocycles. The molecule has 0 aliphatic carbocycles. The Labute approximate surface area is 98.0 Å². The summed E-state index contributed by atoms with van der Waals surface area (Å²) in [5.74, 6) is 0.980. The minimum atomic E-state index is 0.621. The Balaban J connectivity index is 2.93. The Kier molecular flexibility index (Phi) is 4.77. The van der Waals surface area contributed by atoms with Crippen molar-refractivity contribution in [2.75, 3.05) is 28.0 Å². The average Bonchev–Trinajstić information content (AvgIpc) is 2.17. The van der Waals surface area contributed by atoms with Gasteiger partial charge >= 0.3 is 0 Å². The summed E-state index contributed by atoms with van der Waals surface area (Å²) in [6.45, 7) is 5.63. The zero-order valence-electron chi connectivity index (χ0n) is 10.8. The molecule has 0 saturated heterocycles. The molecule has 0 radical (unpaired) electrons. The van der Waals surface area contributed by atoms with Gasteiger partial charge in [-0.3, -0.25) is 4.90 Å². The van der Waals surface area contributed by atoms with Crippen molar-refractivity contribution in [1.29, 1.82) is 0 Å². The highest BCUT2D eigenvalue weighted by Gasteiger charge is 2.09. The molecular formula is C13H21NO2. The molecule has 3 heteroatoms. The summed E-state index contributed by atoms with van der Waals surface area (Å²) in [7, 11) is 5.45. The van der Waals surface area contributed by atoms with Crippen LogP contribution in [0.25, 0.3) is 0 Å². The summed E-state index contributed by atoms with van der Waals surface area (Å²) in [6.07, 6.45) is 0. The van der Waals surface area contributed by atoms with Gasteiger partial charge in [0.2, 0.25) is 0 Å². The Morgan fingerprint density at radius 1 is 1.19 bits per heavy atom. The minimum absolute atomic E-state index is 0.621. The Hall–Kier alpha value is -1.06. The Morgan fingerprint density at radius 2 is 1.88 bits per heavy atom. The van der Waals surface area contributed by atoms with Crippen LogP contribution >= 0.6 is 0 Å². The molecule has 3 nitrogen and oxygen atoms in total. The van der Waals surface area contributed by atoms with Crippen molar-refractivity contribution in [1.82, 2.24) is 4.90 Å². The number of rotatable bonds is 5. The first-order chi connectivity index (χ1) is 7.58. The second kappa shape index (κ2) is 5.87. The van der Waals surface area contributed by atoms with E-state index >= 15 is 0 Å². The first-order valence-electron chi connectivity index (χ1n) is 5.40. The van der Waals surface area contributed by atoms with E-state index in [0.29, 0.717) is 6.73 Å². The normalized spacial score (nSPS) is 10.9. The third-order valence-corrected chi connectivity index (χ3v) is 2.49. The predicted molar refractivity (Wildman–Crippen MR) is 65.8 cm³/mol. The molecule has 1 aromatic carbocycles. The van der Waals surface area contributed by atoms with Crippen molar-refractivity contribution in [2.24, 2.45) is 0 Å². The van der Waals surface area contributed by atoms with E-state index in [0.717, 1.165) is 12.3 Å². The molecule has 0 aliphatic heterocycles. The van der Waals surface area contributed by atoms with Gasteiger partial charge in [-0.1, -0.05) is 17.7 Å². The summed E-state index contributed by atoms with van der Waals surface area (Å²) < 4.78 is 10.5. The van der Waals surface area contributed by atoms with Crippen LogP contribution in [0.5, 0.6) is 5.75 Å². The maximum atomic E-state index is 5.44. The van der Waals surface area contributed by atoms with Crippen LogP contribution in [0, 0.1) is 13.8 Å². The van der Waals surface area contributed by atoms with Crippen LogP contribution in [0.2, 0.25) is 0 Å². The largest absolute Gasteiger partial charge is 0.496 e. The highest BCUT2D eigenvalue weighted by atomic mass is 16.5. The van der Waals surface area contributed by atoms with E-state index in [-0.39, 0.29) is 0 Å². The summed E-state index contributed by atoms with van der Waals surface area (Å²) in [4.78, 5) is 2.11. The second-order valence-corrected chi connectivity index (χ2v) is 4.21. The van der Waals surface area contributed by atoms with Gasteiger partial charge in [-0.15, -0.1) is 0 Å². The van der Waals surface area contributed by atoms with Crippen molar-refractivity contribution >= 4 is 0 Å². The van der Waals surface area contributed by atoms with Crippen LogP contribution in [0.4, 0.5) is 0 Å². The van der Waals surface area contributed by atoms with E-state index in [1.807, 2.05) is 7.05 Å². The smallest absolute Gasteiger partial charge is 0.126 e. The maximum Gasteiger partial charge on any atom is 0.126 e. The molecule has 0 spiro atoms. The molecule has 0 unspecified atom stereocenters. The molecule has 0 atom stereocenters. The van der Waals surface area contributed by atoms with E-state index in [1.165, 1.54) is 16.7 Å². The highest BCUT2D eigenvalue weighted by molar-refractivity contribution is 5.43. The Morgan fingerprint density at radius 3 is 2.44 bits per heavy atom. The van der Waals surface area contributed by atoms with E-state index in [1.54, 1.807) is 14.2 Å². The lowest BCUT2D eigenvalue weighted by Crippen LogP contribution is -2.20. The minimum Gasteiger partial charge on any atom is -0.496 e. The fourth-order valence-electron chi connectivity index (χ4n) is 2.01. The lowest BCUT2D eigenvalue weighted by Gasteiger charge is -2.19. The van der Waals surface area contributed by atoms with Crippen molar-refractivity contribution in [3.05, 3.63) is 28.8 Å². The van der Waals surface area contributed by atoms with Gasteiger partial charge in [0, 0.05) is 19.2 Å². The third kappa shape index (κ3) is 3.22. The number of methoxy groups -OCH3 is 2. The second-order valence-electron chi connectivity index (χ2n) is 4.21. The number of aryl methyl sites for hydroxylation is 2. The fraction of sp³-hybridized carbons (Fsp3) is 0.538. The Bertz CT molecular complexity index is 350. The molecule has 0 fully saturated rings. The lowest BCUT2D eigenvalue weighted by molar-refractivity contribution is 0.0766. The van der Waals surface area contributed by atoms with Gasteiger partial charge in [-0.25, -0.2) is 0 Å². The molecule has 0 heterocycles. The van der Waals surface area contributed by atoms with Crippen molar-refractivity contribution in [2.45, 2.75) is 20.4 Å². The zero-order chi connectivity index (χ0) is 12.1. The van der Waals surface area contributed by atoms with Crippen LogP contribution < -0.4 is 4.74 Å². The fourth-order valence-corrected chi connectivity index (χ4v) is 2.01. The standard InChI is InChI=1S/C13H21NO2/c1-10-6-11(2)13(16-5)12(7-10)8-14(3)9-15-4/h6-7H,8-9H2,1-5H3. The number of nitrogens with zero attached hydrogens (tertiary/aromatic N) is 1. The van der Waals surface area contributed by atoms with Gasteiger partial charge in [0.15, 0.2) is 0 Å². The highest BCUT2D eigenvalue weighted by Crippen LogP contribution is 2.25. The van der Waals surface area contributed by atoms with Gasteiger partial charge in [-0.05, 0) is 26.5 Å². The maximum absolute atomic E-state index is 5.44. The predicted octanol–water partition coefficient (Wildman–Crippen LogP) is 2.35. The first kappa shape index (κ1) is 13.0. The molecule has 0 bridgehead atoms. The van der Waals surface area contributed by atoms with Gasteiger partial charge in [0.25, 0.3) is 0 Å². The van der Waals surface area contributed by atoms with Crippen LogP contribution in [0.1, 0.15) is 16.7 Å². The van der Waals surface area contributed by atoms with E-state index < -0.39 is 0 Å². The summed E-state index contributed by atoms with van der Waals surface area (Å²) >= 11 is 0. The van der Waals surface area contributed by atoms with Crippen LogP contribution in [0.15, 0.2) is 12.1 Å². The molecule has 1 rings (SSSR count). The van der Waals surface area contributed by atoms with Crippen molar-refractivity contribution < 1.29 is 9.47 Å². The van der Waals surface area contributed by atoms with Gasteiger partial charge in [0.1, 0.15) is 5.75 Å². The summed E-state index contributed by atoms with van der Waals surface area (Å²) in [5, 5.41) is 0. The quantitative estimate of drug-likeness (QED) is 0.715. The topological polar surface area (TPSA) is 21.7 Å². The van der Waals surface area contributed by atoms with Crippen molar-refractivity contribution in [3.8, 4) is 5.75 Å². The molecule has 0 aromatic heterocycles. The molecule has 0 N–H and O–H groups in total. The molecule has 90 valence electrons. The summed E-state index contributed by atoms with van der Waals surface area (Å²) in [5.41, 5.74) is 3.65. The first-order valence-corrected chi connectivity index (χ1v) is 5.40. The lowest BCUT2D eigenvalue weighted by atomic mass is 10.1. The third-order valence-electron chi connectivity index (χ3n) is 2.49. The van der Waals surface area contributed by atoms with Gasteiger partial charge in [-0.2, -0.15) is 0 Å². The molecule has 0 aliphatic rings. The number of hydrogen-bond acceptors (Lipinski definition) is 3. The zero-order valence-corrected chi connectivity index (χ0v) is 10.8. The summed E-state index contributed by atoms with van der Waals surface area (Å²) in [6, 6.07) is 4.30. The molecule has 0 amide bonds. The molecule has 16 heavy (non-hydrogen) atoms. The number of benzene rings is 1. The monoisotopic (exact) mass is 223 g/mol. The van der Waals surface area contributed by atoms with Crippen molar-refractivity contribution in [3.63, 3.8) is 0 Å². The van der Waals surface area contributed by atoms with Crippen LogP contribution in [-0.2, 0) is 11.3 Å². The van der Waals surface area contributed by atoms with Crippen LogP contribution in [-0.4, -0.2) is 32.9 Å². The van der Waals surface area contributed by atoms with Gasteiger partial charge < -0.3 is 9.47 Å². The van der Waals surface area contributed by atoms with E-state index in [2.05, 4.69) is 30.9 Å². The van der Waals surface area contributed by atoms with Crippen LogP contribution in [0.3, 0.4) is 0 Å². The average molecular weight is 223 g/mol. The van der Waals surface area contributed by atoms with E-state index in [9.17, 15) is 0 Å². The number of hydrogen-bond donors (Lipinski definition) is 0. The molecular weight excluding hydrogens is 202 g/mol. The van der Waals surface area contributed by atoms with Gasteiger partial charge in [0.05, 0.1) is 13.8 Å². The number of ether oxygens (including phenoxy) is 2. The SMILES string of the molecule is COCN(C)Cc1cc(C)cc(C)c1OC. The van der Waals surface area contributed by atoms with E-state index in [4.69, 9.17) is 9.47 Å².